The minimum absolute atomic E-state index is 0.0350. The van der Waals surface area contributed by atoms with Crippen molar-refractivity contribution in [1.29, 1.82) is 0 Å². The Kier molecular flexibility index (Phi) is 5.62. The van der Waals surface area contributed by atoms with Gasteiger partial charge in [-0.3, -0.25) is 9.59 Å². The largest absolute Gasteiger partial charge is 0.339 e. The fourth-order valence-corrected chi connectivity index (χ4v) is 5.74. The van der Waals surface area contributed by atoms with Gasteiger partial charge in [0.2, 0.25) is 0 Å². The lowest BCUT2D eigenvalue weighted by atomic mass is 10.1. The number of carbonyl (C=O) groups excluding carboxylic acids is 2. The Balaban J connectivity index is 1.62. The van der Waals surface area contributed by atoms with Gasteiger partial charge < -0.3 is 9.80 Å². The standard InChI is InChI=1S/C26H24N2O3S/c29-25(27-15-7-2-8-16-27)20-13-14-24-22(17-20)28(18-19-9-3-1-4-10-19)26(30)21-11-5-6-12-23(21)32(24)31/h1,3-6,9-14,17H,2,7-8,15-16,18H2. The van der Waals surface area contributed by atoms with Gasteiger partial charge in [-0.05, 0) is 55.2 Å². The Hall–Kier alpha value is -3.25. The molecule has 1 saturated heterocycles. The van der Waals surface area contributed by atoms with E-state index in [1.807, 2.05) is 35.2 Å². The third-order valence-corrected chi connectivity index (χ3v) is 7.59. The molecular weight excluding hydrogens is 420 g/mol. The lowest BCUT2D eigenvalue weighted by Gasteiger charge is -2.28. The summed E-state index contributed by atoms with van der Waals surface area (Å²) in [5.41, 5.74) is 2.46. The molecular formula is C26H24N2O3S. The summed E-state index contributed by atoms with van der Waals surface area (Å²) in [6.45, 7) is 1.83. The predicted molar refractivity (Wildman–Crippen MR) is 124 cm³/mol. The van der Waals surface area contributed by atoms with Crippen LogP contribution in [-0.2, 0) is 17.3 Å². The van der Waals surface area contributed by atoms with E-state index in [0.717, 1.165) is 37.9 Å². The monoisotopic (exact) mass is 444 g/mol. The molecule has 0 aromatic heterocycles. The molecule has 32 heavy (non-hydrogen) atoms. The molecule has 0 spiro atoms. The van der Waals surface area contributed by atoms with Gasteiger partial charge in [0.1, 0.15) is 0 Å². The molecule has 5 rings (SSSR count). The number of nitrogens with zero attached hydrogens (tertiary/aromatic N) is 2. The molecule has 1 fully saturated rings. The number of anilines is 1. The van der Waals surface area contributed by atoms with E-state index < -0.39 is 10.8 Å². The van der Waals surface area contributed by atoms with Crippen molar-refractivity contribution in [1.82, 2.24) is 4.90 Å². The van der Waals surface area contributed by atoms with Crippen LogP contribution in [0, 0.1) is 0 Å². The minimum Gasteiger partial charge on any atom is -0.339 e. The zero-order valence-electron chi connectivity index (χ0n) is 17.7. The molecule has 1 atom stereocenters. The highest BCUT2D eigenvalue weighted by molar-refractivity contribution is 7.85. The molecule has 0 N–H and O–H groups in total. The molecule has 0 aliphatic carbocycles. The predicted octanol–water partition coefficient (Wildman–Crippen LogP) is 4.64. The van der Waals surface area contributed by atoms with Crippen LogP contribution in [0.15, 0.2) is 82.6 Å². The van der Waals surface area contributed by atoms with Crippen molar-refractivity contribution in [2.24, 2.45) is 0 Å². The van der Waals surface area contributed by atoms with Crippen molar-refractivity contribution in [3.05, 3.63) is 89.5 Å². The molecule has 6 heteroatoms. The quantitative estimate of drug-likeness (QED) is 0.591. The minimum atomic E-state index is -1.52. The van der Waals surface area contributed by atoms with E-state index in [-0.39, 0.29) is 11.8 Å². The van der Waals surface area contributed by atoms with Gasteiger partial charge >= 0.3 is 0 Å². The van der Waals surface area contributed by atoms with Crippen LogP contribution in [0.2, 0.25) is 0 Å². The smallest absolute Gasteiger partial charge is 0.259 e. The van der Waals surface area contributed by atoms with Crippen LogP contribution in [0.4, 0.5) is 5.69 Å². The summed E-state index contributed by atoms with van der Waals surface area (Å²) in [6, 6.07) is 22.0. The van der Waals surface area contributed by atoms with E-state index in [2.05, 4.69) is 0 Å². The van der Waals surface area contributed by atoms with Gasteiger partial charge in [-0.15, -0.1) is 0 Å². The molecule has 1 unspecified atom stereocenters. The number of piperidine rings is 1. The second-order valence-corrected chi connectivity index (χ2v) is 9.59. The molecule has 2 amide bonds. The molecule has 3 aromatic rings. The molecule has 5 nitrogen and oxygen atoms in total. The van der Waals surface area contributed by atoms with Gasteiger partial charge in [0.15, 0.2) is 0 Å². The highest BCUT2D eigenvalue weighted by Crippen LogP contribution is 2.36. The molecule has 2 heterocycles. The Morgan fingerprint density at radius 1 is 0.844 bits per heavy atom. The molecule has 2 aliphatic rings. The highest BCUT2D eigenvalue weighted by Gasteiger charge is 2.32. The normalized spacial score (nSPS) is 18.0. The third kappa shape index (κ3) is 3.75. The summed E-state index contributed by atoms with van der Waals surface area (Å²) in [4.78, 5) is 31.4. The summed E-state index contributed by atoms with van der Waals surface area (Å²) in [5, 5.41) is 0. The Bertz CT molecular complexity index is 1200. The van der Waals surface area contributed by atoms with E-state index in [1.54, 1.807) is 47.4 Å². The Labute approximate surface area is 190 Å². The SMILES string of the molecule is O=C(c1ccc2c(c1)N(Cc1ccccc1)C(=O)c1ccccc1S2=O)N1CCCCC1. The van der Waals surface area contributed by atoms with Crippen molar-refractivity contribution < 1.29 is 13.8 Å². The molecule has 0 radical (unpaired) electrons. The first-order valence-electron chi connectivity index (χ1n) is 10.9. The summed E-state index contributed by atoms with van der Waals surface area (Å²) in [6.07, 6.45) is 3.16. The van der Waals surface area contributed by atoms with Crippen LogP contribution in [0.25, 0.3) is 0 Å². The summed E-state index contributed by atoms with van der Waals surface area (Å²) >= 11 is 0. The maximum atomic E-state index is 13.6. The van der Waals surface area contributed by atoms with Crippen molar-refractivity contribution in [2.45, 2.75) is 35.6 Å². The molecule has 0 saturated carbocycles. The number of benzene rings is 3. The van der Waals surface area contributed by atoms with E-state index in [4.69, 9.17) is 0 Å². The van der Waals surface area contributed by atoms with Crippen LogP contribution in [0.1, 0.15) is 45.5 Å². The lowest BCUT2D eigenvalue weighted by Crippen LogP contribution is -2.36. The Morgan fingerprint density at radius 2 is 1.56 bits per heavy atom. The highest BCUT2D eigenvalue weighted by atomic mass is 32.2. The average molecular weight is 445 g/mol. The first-order valence-corrected chi connectivity index (χ1v) is 12.1. The second kappa shape index (κ2) is 8.71. The third-order valence-electron chi connectivity index (χ3n) is 6.09. The van der Waals surface area contributed by atoms with E-state index in [1.165, 1.54) is 0 Å². The average Bonchev–Trinajstić information content (AvgIpc) is 2.94. The number of hydrogen-bond acceptors (Lipinski definition) is 3. The van der Waals surface area contributed by atoms with Crippen LogP contribution >= 0.6 is 0 Å². The molecule has 3 aromatic carbocycles. The molecule has 162 valence electrons. The zero-order chi connectivity index (χ0) is 22.1. The van der Waals surface area contributed by atoms with Crippen LogP contribution in [0.3, 0.4) is 0 Å². The van der Waals surface area contributed by atoms with Gasteiger partial charge in [0.25, 0.3) is 11.8 Å². The van der Waals surface area contributed by atoms with Gasteiger partial charge in [-0.1, -0.05) is 42.5 Å². The van der Waals surface area contributed by atoms with E-state index in [9.17, 15) is 13.8 Å². The van der Waals surface area contributed by atoms with Crippen molar-refractivity contribution in [2.75, 3.05) is 18.0 Å². The number of fused-ring (bicyclic) bond motifs is 2. The lowest BCUT2D eigenvalue weighted by molar-refractivity contribution is 0.0724. The number of amides is 2. The fraction of sp³-hybridized carbons (Fsp3) is 0.231. The summed E-state index contributed by atoms with van der Waals surface area (Å²) < 4.78 is 13.5. The van der Waals surface area contributed by atoms with E-state index in [0.29, 0.717) is 33.2 Å². The maximum Gasteiger partial charge on any atom is 0.259 e. The molecule has 0 bridgehead atoms. The zero-order valence-corrected chi connectivity index (χ0v) is 18.5. The maximum absolute atomic E-state index is 13.6. The van der Waals surface area contributed by atoms with Crippen molar-refractivity contribution in [3.63, 3.8) is 0 Å². The van der Waals surface area contributed by atoms with Crippen LogP contribution in [-0.4, -0.2) is 34.0 Å². The Morgan fingerprint density at radius 3 is 2.34 bits per heavy atom. The first-order chi connectivity index (χ1) is 15.6. The van der Waals surface area contributed by atoms with Crippen LogP contribution in [0.5, 0.6) is 0 Å². The van der Waals surface area contributed by atoms with Gasteiger partial charge in [0, 0.05) is 18.7 Å². The van der Waals surface area contributed by atoms with Gasteiger partial charge in [-0.25, -0.2) is 4.21 Å². The number of hydrogen-bond donors (Lipinski definition) is 0. The fourth-order valence-electron chi connectivity index (χ4n) is 4.40. The van der Waals surface area contributed by atoms with Gasteiger partial charge in [0.05, 0.1) is 38.4 Å². The number of likely N-dealkylation sites (tertiary alicyclic amines) is 1. The summed E-state index contributed by atoms with van der Waals surface area (Å²) in [7, 11) is -1.52. The van der Waals surface area contributed by atoms with Crippen molar-refractivity contribution in [3.8, 4) is 0 Å². The second-order valence-electron chi connectivity index (χ2n) is 8.18. The molecule has 2 aliphatic heterocycles. The number of carbonyl (C=O) groups is 2. The van der Waals surface area contributed by atoms with Gasteiger partial charge in [-0.2, -0.15) is 0 Å². The van der Waals surface area contributed by atoms with E-state index >= 15 is 0 Å². The first kappa shape index (κ1) is 20.6. The van der Waals surface area contributed by atoms with Crippen LogP contribution < -0.4 is 4.90 Å². The number of rotatable bonds is 3. The summed E-state index contributed by atoms with van der Waals surface area (Å²) in [5.74, 6) is -0.244. The van der Waals surface area contributed by atoms with Crippen molar-refractivity contribution >= 4 is 28.3 Å². The topological polar surface area (TPSA) is 57.7 Å².